The Labute approximate surface area is 136 Å². The molecule has 2 aromatic carbocycles. The third-order valence-corrected chi connectivity index (χ3v) is 3.37. The third kappa shape index (κ3) is 4.16. The number of rotatable bonds is 7. The molecule has 0 fully saturated rings. The van der Waals surface area contributed by atoms with E-state index in [4.69, 9.17) is 14.2 Å². The van der Waals surface area contributed by atoms with E-state index < -0.39 is 6.10 Å². The van der Waals surface area contributed by atoms with Gasteiger partial charge in [0, 0.05) is 0 Å². The van der Waals surface area contributed by atoms with E-state index in [0.717, 1.165) is 0 Å². The zero-order valence-electron chi connectivity index (χ0n) is 13.5. The van der Waals surface area contributed by atoms with E-state index in [1.54, 1.807) is 38.5 Å². The Balaban J connectivity index is 2.12. The van der Waals surface area contributed by atoms with Crippen LogP contribution in [0.15, 0.2) is 48.5 Å². The van der Waals surface area contributed by atoms with Gasteiger partial charge in [-0.3, -0.25) is 4.79 Å². The molecular weight excluding hydrogens is 294 g/mol. The third-order valence-electron chi connectivity index (χ3n) is 3.37. The molecule has 5 nitrogen and oxygen atoms in total. The minimum absolute atomic E-state index is 0.233. The van der Waals surface area contributed by atoms with Gasteiger partial charge >= 0.3 is 0 Å². The van der Waals surface area contributed by atoms with Crippen LogP contribution in [-0.4, -0.2) is 26.2 Å². The van der Waals surface area contributed by atoms with Crippen molar-refractivity contribution < 1.29 is 19.0 Å². The molecule has 0 unspecified atom stereocenters. The lowest BCUT2D eigenvalue weighted by molar-refractivity contribution is -0.122. The lowest BCUT2D eigenvalue weighted by Gasteiger charge is -2.19. The molecule has 1 atom stereocenters. The average molecular weight is 315 g/mol. The van der Waals surface area contributed by atoms with Gasteiger partial charge in [-0.05, 0) is 30.7 Å². The van der Waals surface area contributed by atoms with Crippen molar-refractivity contribution in [2.45, 2.75) is 19.4 Å². The molecule has 0 aromatic heterocycles. The molecular formula is C18H21NO4. The Morgan fingerprint density at radius 2 is 1.52 bits per heavy atom. The maximum Gasteiger partial charge on any atom is 0.265 e. The number of anilines is 1. The standard InChI is InChI=1S/C18H21NO4/c1-4-14(23-17-12-8-7-11-16(17)22-3)18(20)19-13-9-5-6-10-15(13)21-2/h5-12,14H,4H2,1-3H3,(H,19,20)/t14-/m0/s1. The van der Waals surface area contributed by atoms with Gasteiger partial charge in [-0.15, -0.1) is 0 Å². The summed E-state index contributed by atoms with van der Waals surface area (Å²) in [5.74, 6) is 1.50. The highest BCUT2D eigenvalue weighted by atomic mass is 16.5. The summed E-state index contributed by atoms with van der Waals surface area (Å²) in [6.07, 6.45) is -0.102. The summed E-state index contributed by atoms with van der Waals surface area (Å²) >= 11 is 0. The number of hydrogen-bond donors (Lipinski definition) is 1. The Hall–Kier alpha value is -2.69. The van der Waals surface area contributed by atoms with Crippen LogP contribution < -0.4 is 19.5 Å². The second kappa shape index (κ2) is 8.08. The first-order valence-electron chi connectivity index (χ1n) is 7.43. The van der Waals surface area contributed by atoms with Gasteiger partial charge in [0.15, 0.2) is 17.6 Å². The van der Waals surface area contributed by atoms with Crippen molar-refractivity contribution in [2.24, 2.45) is 0 Å². The molecule has 0 spiro atoms. The lowest BCUT2D eigenvalue weighted by Crippen LogP contribution is -2.32. The first-order chi connectivity index (χ1) is 11.2. The second-order valence-electron chi connectivity index (χ2n) is 4.86. The van der Waals surface area contributed by atoms with Gasteiger partial charge in [0.25, 0.3) is 5.91 Å². The topological polar surface area (TPSA) is 56.8 Å². The van der Waals surface area contributed by atoms with E-state index in [1.807, 2.05) is 31.2 Å². The molecule has 0 aliphatic heterocycles. The normalized spacial score (nSPS) is 11.4. The first-order valence-corrected chi connectivity index (χ1v) is 7.43. The van der Waals surface area contributed by atoms with E-state index in [1.165, 1.54) is 0 Å². The fraction of sp³-hybridized carbons (Fsp3) is 0.278. The summed E-state index contributed by atoms with van der Waals surface area (Å²) in [6, 6.07) is 14.5. The number of benzene rings is 2. The zero-order valence-corrected chi connectivity index (χ0v) is 13.5. The highest BCUT2D eigenvalue weighted by Gasteiger charge is 2.21. The van der Waals surface area contributed by atoms with Crippen LogP contribution in [0, 0.1) is 0 Å². The maximum atomic E-state index is 12.5. The Morgan fingerprint density at radius 1 is 0.957 bits per heavy atom. The first kappa shape index (κ1) is 16.7. The largest absolute Gasteiger partial charge is 0.495 e. The van der Waals surface area contributed by atoms with Gasteiger partial charge < -0.3 is 19.5 Å². The predicted octanol–water partition coefficient (Wildman–Crippen LogP) is 3.50. The molecule has 5 heteroatoms. The van der Waals surface area contributed by atoms with E-state index in [-0.39, 0.29) is 5.91 Å². The number of hydrogen-bond acceptors (Lipinski definition) is 4. The highest BCUT2D eigenvalue weighted by Crippen LogP contribution is 2.28. The molecule has 0 saturated heterocycles. The van der Waals surface area contributed by atoms with Crippen molar-refractivity contribution in [1.82, 2.24) is 0 Å². The number of ether oxygens (including phenoxy) is 3. The van der Waals surface area contributed by atoms with E-state index in [0.29, 0.717) is 29.4 Å². The lowest BCUT2D eigenvalue weighted by atomic mass is 10.2. The molecule has 2 aromatic rings. The van der Waals surface area contributed by atoms with Crippen LogP contribution >= 0.6 is 0 Å². The van der Waals surface area contributed by atoms with Gasteiger partial charge in [0.1, 0.15) is 5.75 Å². The average Bonchev–Trinajstić information content (AvgIpc) is 2.60. The van der Waals surface area contributed by atoms with Gasteiger partial charge in [-0.1, -0.05) is 31.2 Å². The van der Waals surface area contributed by atoms with E-state index >= 15 is 0 Å². The van der Waals surface area contributed by atoms with Crippen molar-refractivity contribution in [1.29, 1.82) is 0 Å². The number of carbonyl (C=O) groups is 1. The van der Waals surface area contributed by atoms with Crippen molar-refractivity contribution in [3.05, 3.63) is 48.5 Å². The monoisotopic (exact) mass is 315 g/mol. The van der Waals surface area contributed by atoms with Crippen LogP contribution in [0.4, 0.5) is 5.69 Å². The fourth-order valence-electron chi connectivity index (χ4n) is 2.15. The maximum absolute atomic E-state index is 12.5. The summed E-state index contributed by atoms with van der Waals surface area (Å²) in [6.45, 7) is 1.89. The molecule has 122 valence electrons. The fourth-order valence-corrected chi connectivity index (χ4v) is 2.15. The van der Waals surface area contributed by atoms with Crippen LogP contribution in [0.2, 0.25) is 0 Å². The predicted molar refractivity (Wildman–Crippen MR) is 89.3 cm³/mol. The van der Waals surface area contributed by atoms with Crippen LogP contribution in [-0.2, 0) is 4.79 Å². The highest BCUT2D eigenvalue weighted by molar-refractivity contribution is 5.95. The second-order valence-corrected chi connectivity index (χ2v) is 4.86. The van der Waals surface area contributed by atoms with E-state index in [2.05, 4.69) is 5.32 Å². The van der Waals surface area contributed by atoms with Gasteiger partial charge in [0.05, 0.1) is 19.9 Å². The summed E-state index contributed by atoms with van der Waals surface area (Å²) in [5, 5.41) is 2.84. The molecule has 0 bridgehead atoms. The van der Waals surface area contributed by atoms with Crippen LogP contribution in [0.5, 0.6) is 17.2 Å². The number of para-hydroxylation sites is 4. The SMILES string of the molecule is CC[C@H](Oc1ccccc1OC)C(=O)Nc1ccccc1OC. The zero-order chi connectivity index (χ0) is 16.7. The molecule has 0 saturated carbocycles. The molecule has 0 aliphatic carbocycles. The van der Waals surface area contributed by atoms with Crippen molar-refractivity contribution in [3.8, 4) is 17.2 Å². The van der Waals surface area contributed by atoms with Crippen LogP contribution in [0.1, 0.15) is 13.3 Å². The Kier molecular flexibility index (Phi) is 5.86. The molecule has 1 N–H and O–H groups in total. The molecule has 0 aliphatic rings. The number of nitrogens with one attached hydrogen (secondary N) is 1. The van der Waals surface area contributed by atoms with Crippen molar-refractivity contribution in [3.63, 3.8) is 0 Å². The summed E-state index contributed by atoms with van der Waals surface area (Å²) in [7, 11) is 3.13. The Bertz CT molecular complexity index is 657. The van der Waals surface area contributed by atoms with Gasteiger partial charge in [-0.25, -0.2) is 0 Å². The number of methoxy groups -OCH3 is 2. The molecule has 2 rings (SSSR count). The molecule has 0 heterocycles. The van der Waals surface area contributed by atoms with Gasteiger partial charge in [0.2, 0.25) is 0 Å². The molecule has 23 heavy (non-hydrogen) atoms. The number of amides is 1. The summed E-state index contributed by atoms with van der Waals surface area (Å²) in [5.41, 5.74) is 0.613. The quantitative estimate of drug-likeness (QED) is 0.849. The van der Waals surface area contributed by atoms with Crippen molar-refractivity contribution >= 4 is 11.6 Å². The van der Waals surface area contributed by atoms with Crippen molar-refractivity contribution in [2.75, 3.05) is 19.5 Å². The summed E-state index contributed by atoms with van der Waals surface area (Å²) in [4.78, 5) is 12.5. The molecule has 1 amide bonds. The minimum atomic E-state index is -0.629. The van der Waals surface area contributed by atoms with E-state index in [9.17, 15) is 4.79 Å². The smallest absolute Gasteiger partial charge is 0.265 e. The molecule has 0 radical (unpaired) electrons. The van der Waals surface area contributed by atoms with Crippen LogP contribution in [0.25, 0.3) is 0 Å². The van der Waals surface area contributed by atoms with Crippen LogP contribution in [0.3, 0.4) is 0 Å². The summed E-state index contributed by atoms with van der Waals surface area (Å²) < 4.78 is 16.3. The minimum Gasteiger partial charge on any atom is -0.495 e. The Morgan fingerprint density at radius 3 is 2.13 bits per heavy atom. The van der Waals surface area contributed by atoms with Gasteiger partial charge in [-0.2, -0.15) is 0 Å². The number of carbonyl (C=O) groups excluding carboxylic acids is 1.